The Morgan fingerprint density at radius 3 is 2.70 bits per heavy atom. The molecule has 110 valence electrons. The summed E-state index contributed by atoms with van der Waals surface area (Å²) in [6, 6.07) is 4.80. The van der Waals surface area contributed by atoms with E-state index in [1.807, 2.05) is 0 Å². The highest BCUT2D eigenvalue weighted by Gasteiger charge is 2.45. The third-order valence-corrected chi connectivity index (χ3v) is 3.57. The van der Waals surface area contributed by atoms with Gasteiger partial charge < -0.3 is 10.0 Å². The molecule has 0 spiro atoms. The number of alkyl halides is 3. The van der Waals surface area contributed by atoms with Gasteiger partial charge in [-0.1, -0.05) is 17.7 Å². The Balaban J connectivity index is 2.36. The number of amides is 1. The van der Waals surface area contributed by atoms with Crippen molar-refractivity contribution in [2.24, 2.45) is 0 Å². The van der Waals surface area contributed by atoms with Gasteiger partial charge in [0.1, 0.15) is 5.60 Å². The van der Waals surface area contributed by atoms with Crippen molar-refractivity contribution in [3.05, 3.63) is 34.3 Å². The maximum atomic E-state index is 12.5. The number of carbonyl (C=O) groups is 1. The minimum atomic E-state index is -4.94. The van der Waals surface area contributed by atoms with Crippen LogP contribution in [-0.2, 0) is 16.8 Å². The summed E-state index contributed by atoms with van der Waals surface area (Å²) in [5, 5.41) is 10.8. The lowest BCUT2D eigenvalue weighted by Crippen LogP contribution is -2.47. The number of nitrogens with zero attached hydrogens (tertiary/aromatic N) is 1. The molecule has 1 atom stereocenters. The Morgan fingerprint density at radius 2 is 2.10 bits per heavy atom. The van der Waals surface area contributed by atoms with E-state index in [-0.39, 0.29) is 13.0 Å². The van der Waals surface area contributed by atoms with E-state index >= 15 is 0 Å². The zero-order chi connectivity index (χ0) is 15.1. The molecule has 0 aromatic heterocycles. The van der Waals surface area contributed by atoms with Crippen molar-refractivity contribution in [3.63, 3.8) is 0 Å². The van der Waals surface area contributed by atoms with Crippen LogP contribution in [0.5, 0.6) is 0 Å². The van der Waals surface area contributed by atoms with Crippen molar-refractivity contribution in [1.29, 1.82) is 0 Å². The first kappa shape index (κ1) is 15.1. The summed E-state index contributed by atoms with van der Waals surface area (Å²) in [4.78, 5) is 12.0. The number of carbonyl (C=O) groups excluding carboxylic acids is 1. The quantitative estimate of drug-likeness (QED) is 0.800. The Labute approximate surface area is 118 Å². The van der Waals surface area contributed by atoms with Gasteiger partial charge in [-0.15, -0.1) is 0 Å². The highest BCUT2D eigenvalue weighted by molar-refractivity contribution is 6.30. The summed E-state index contributed by atoms with van der Waals surface area (Å²) in [6.45, 7) is 0.867. The van der Waals surface area contributed by atoms with Crippen LogP contribution in [0.4, 0.5) is 13.2 Å². The molecule has 3 nitrogen and oxygen atoms in total. The van der Waals surface area contributed by atoms with Crippen molar-refractivity contribution in [3.8, 4) is 0 Å². The lowest BCUT2D eigenvalue weighted by molar-refractivity contribution is -0.187. The van der Waals surface area contributed by atoms with Crippen molar-refractivity contribution in [1.82, 2.24) is 4.90 Å². The van der Waals surface area contributed by atoms with Crippen LogP contribution in [0.1, 0.15) is 18.1 Å². The minimum Gasteiger partial charge on any atom is -0.384 e. The standard InChI is InChI=1S/C13H13ClF3NO2/c1-12(20)7-18(11(19)13(15,16)17)5-4-8-2-3-9(14)6-10(8)12/h2-3,6,20H,4-5,7H2,1H3. The predicted octanol–water partition coefficient (Wildman–Crippen LogP) is 2.49. The van der Waals surface area contributed by atoms with E-state index in [1.165, 1.54) is 13.0 Å². The summed E-state index contributed by atoms with van der Waals surface area (Å²) < 4.78 is 37.6. The van der Waals surface area contributed by atoms with Crippen LogP contribution in [0, 0.1) is 0 Å². The number of β-amino-alcohol motifs (C(OH)–C–C–N with tert-alkyl or cyclic N) is 1. The monoisotopic (exact) mass is 307 g/mol. The molecular formula is C13H13ClF3NO2. The average molecular weight is 308 g/mol. The van der Waals surface area contributed by atoms with Gasteiger partial charge in [-0.25, -0.2) is 0 Å². The minimum absolute atomic E-state index is 0.0941. The molecular weight excluding hydrogens is 295 g/mol. The zero-order valence-corrected chi connectivity index (χ0v) is 11.4. The van der Waals surface area contributed by atoms with E-state index in [0.717, 1.165) is 0 Å². The third-order valence-electron chi connectivity index (χ3n) is 3.33. The summed E-state index contributed by atoms with van der Waals surface area (Å²) in [6.07, 6.45) is -4.70. The van der Waals surface area contributed by atoms with Crippen LogP contribution in [-0.4, -0.2) is 35.2 Å². The number of fused-ring (bicyclic) bond motifs is 1. The molecule has 1 aliphatic heterocycles. The zero-order valence-electron chi connectivity index (χ0n) is 10.7. The molecule has 0 saturated heterocycles. The molecule has 0 radical (unpaired) electrons. The number of benzene rings is 1. The van der Waals surface area contributed by atoms with Gasteiger partial charge >= 0.3 is 12.1 Å². The molecule has 1 unspecified atom stereocenters. The highest BCUT2D eigenvalue weighted by Crippen LogP contribution is 2.32. The van der Waals surface area contributed by atoms with Crippen LogP contribution in [0.3, 0.4) is 0 Å². The summed E-state index contributed by atoms with van der Waals surface area (Å²) in [5.74, 6) is -1.93. The molecule has 0 fully saturated rings. The van der Waals surface area contributed by atoms with Gasteiger partial charge in [-0.3, -0.25) is 4.79 Å². The first-order chi connectivity index (χ1) is 9.11. The summed E-state index contributed by atoms with van der Waals surface area (Å²) in [5.41, 5.74) is -0.420. The molecule has 0 saturated carbocycles. The lowest BCUT2D eigenvalue weighted by atomic mass is 9.91. The molecule has 1 heterocycles. The van der Waals surface area contributed by atoms with E-state index in [0.29, 0.717) is 21.0 Å². The van der Waals surface area contributed by atoms with Crippen molar-refractivity contribution in [2.75, 3.05) is 13.1 Å². The molecule has 7 heteroatoms. The van der Waals surface area contributed by atoms with Gasteiger partial charge in [-0.2, -0.15) is 13.2 Å². The maximum Gasteiger partial charge on any atom is 0.471 e. The van der Waals surface area contributed by atoms with Crippen LogP contribution in [0.2, 0.25) is 5.02 Å². The van der Waals surface area contributed by atoms with Crippen LogP contribution in [0.25, 0.3) is 0 Å². The second-order valence-corrected chi connectivity index (χ2v) is 5.49. The summed E-state index contributed by atoms with van der Waals surface area (Å²) in [7, 11) is 0. The van der Waals surface area contributed by atoms with Crippen molar-refractivity contribution >= 4 is 17.5 Å². The average Bonchev–Trinajstić information content (AvgIpc) is 2.45. The van der Waals surface area contributed by atoms with Crippen molar-refractivity contribution in [2.45, 2.75) is 25.1 Å². The SMILES string of the molecule is CC1(O)CN(C(=O)C(F)(F)F)CCc2ccc(Cl)cc21. The normalized spacial score (nSPS) is 23.2. The smallest absolute Gasteiger partial charge is 0.384 e. The predicted molar refractivity (Wildman–Crippen MR) is 67.4 cm³/mol. The van der Waals surface area contributed by atoms with Crippen molar-refractivity contribution < 1.29 is 23.1 Å². The topological polar surface area (TPSA) is 40.5 Å². The van der Waals surface area contributed by atoms with Crippen LogP contribution < -0.4 is 0 Å². The largest absolute Gasteiger partial charge is 0.471 e. The second kappa shape index (κ2) is 4.93. The number of halogens is 4. The van der Waals surface area contributed by atoms with Crippen LogP contribution in [0.15, 0.2) is 18.2 Å². The van der Waals surface area contributed by atoms with E-state index in [4.69, 9.17) is 11.6 Å². The Kier molecular flexibility index (Phi) is 3.73. The van der Waals surface area contributed by atoms with Gasteiger partial charge in [0.2, 0.25) is 0 Å². The first-order valence-electron chi connectivity index (χ1n) is 5.98. The molecule has 1 aromatic carbocycles. The van der Waals surface area contributed by atoms with E-state index in [1.54, 1.807) is 12.1 Å². The van der Waals surface area contributed by atoms with Gasteiger partial charge in [0, 0.05) is 11.6 Å². The van der Waals surface area contributed by atoms with E-state index in [2.05, 4.69) is 0 Å². The number of hydrogen-bond donors (Lipinski definition) is 1. The second-order valence-electron chi connectivity index (χ2n) is 5.05. The Morgan fingerprint density at radius 1 is 1.45 bits per heavy atom. The fourth-order valence-electron chi connectivity index (χ4n) is 2.41. The molecule has 1 aliphatic rings. The summed E-state index contributed by atoms with van der Waals surface area (Å²) >= 11 is 5.86. The third kappa shape index (κ3) is 2.91. The molecule has 0 bridgehead atoms. The van der Waals surface area contributed by atoms with Gasteiger partial charge in [0.05, 0.1) is 6.54 Å². The Hall–Kier alpha value is -1.27. The molecule has 2 rings (SSSR count). The molecule has 1 amide bonds. The van der Waals surface area contributed by atoms with Gasteiger partial charge in [-0.05, 0) is 36.6 Å². The number of aliphatic hydroxyl groups is 1. The van der Waals surface area contributed by atoms with E-state index in [9.17, 15) is 23.1 Å². The lowest BCUT2D eigenvalue weighted by Gasteiger charge is -2.30. The van der Waals surface area contributed by atoms with Gasteiger partial charge in [0.25, 0.3) is 0 Å². The molecule has 1 N–H and O–H groups in total. The molecule has 0 aliphatic carbocycles. The van der Waals surface area contributed by atoms with E-state index < -0.39 is 24.2 Å². The maximum absolute atomic E-state index is 12.5. The first-order valence-corrected chi connectivity index (χ1v) is 6.36. The molecule has 1 aromatic rings. The number of hydrogen-bond acceptors (Lipinski definition) is 2. The number of rotatable bonds is 0. The highest BCUT2D eigenvalue weighted by atomic mass is 35.5. The molecule has 20 heavy (non-hydrogen) atoms. The fraction of sp³-hybridized carbons (Fsp3) is 0.462. The van der Waals surface area contributed by atoms with Crippen LogP contribution >= 0.6 is 11.6 Å². The fourth-order valence-corrected chi connectivity index (χ4v) is 2.58. The Bertz CT molecular complexity index is 543. The van der Waals surface area contributed by atoms with Gasteiger partial charge in [0.15, 0.2) is 0 Å².